The lowest BCUT2D eigenvalue weighted by Crippen LogP contribution is -2.50. The summed E-state index contributed by atoms with van der Waals surface area (Å²) in [5.74, 6) is 1.07. The van der Waals surface area contributed by atoms with Gasteiger partial charge in [0.2, 0.25) is 5.91 Å². The molecule has 2 fully saturated rings. The van der Waals surface area contributed by atoms with Crippen LogP contribution in [0.3, 0.4) is 0 Å². The summed E-state index contributed by atoms with van der Waals surface area (Å²) < 4.78 is 1.94. The lowest BCUT2D eigenvalue weighted by molar-refractivity contribution is -0.132. The zero-order valence-corrected chi connectivity index (χ0v) is 17.7. The summed E-state index contributed by atoms with van der Waals surface area (Å²) in [6.07, 6.45) is 9.04. The van der Waals surface area contributed by atoms with Crippen LogP contribution in [0.2, 0.25) is 0 Å². The Morgan fingerprint density at radius 1 is 1.15 bits per heavy atom. The zero-order chi connectivity index (χ0) is 19.7. The second-order valence-electron chi connectivity index (χ2n) is 9.74. The van der Waals surface area contributed by atoms with Gasteiger partial charge in [-0.3, -0.25) is 10.1 Å². The highest BCUT2D eigenvalue weighted by molar-refractivity contribution is 5.81. The maximum atomic E-state index is 12.9. The molecule has 1 saturated carbocycles. The average molecular weight is 377 g/mol. The van der Waals surface area contributed by atoms with Crippen molar-refractivity contribution in [3.8, 4) is 0 Å². The lowest BCUT2D eigenvalue weighted by Gasteiger charge is -2.42. The van der Waals surface area contributed by atoms with Crippen molar-refractivity contribution in [2.24, 2.45) is 5.41 Å². The van der Waals surface area contributed by atoms with Crippen LogP contribution in [0.25, 0.3) is 0 Å². The fourth-order valence-corrected chi connectivity index (χ4v) is 4.64. The molecule has 7 nitrogen and oxygen atoms in total. The first kappa shape index (κ1) is 20.2. The topological polar surface area (TPSA) is 75.9 Å². The molecule has 27 heavy (non-hydrogen) atoms. The Bertz CT molecular complexity index is 643. The summed E-state index contributed by atoms with van der Waals surface area (Å²) in [6.45, 7) is 9.56. The van der Waals surface area contributed by atoms with Crippen LogP contribution in [0.15, 0.2) is 0 Å². The van der Waals surface area contributed by atoms with E-state index in [4.69, 9.17) is 0 Å². The Kier molecular flexibility index (Phi) is 5.89. The Hall–Kier alpha value is -1.50. The molecule has 152 valence electrons. The van der Waals surface area contributed by atoms with Crippen molar-refractivity contribution < 1.29 is 4.79 Å². The fraction of sp³-hybridized carbons (Fsp3) is 0.900. The van der Waals surface area contributed by atoms with E-state index in [1.54, 1.807) is 0 Å². The van der Waals surface area contributed by atoms with Gasteiger partial charge >= 0.3 is 0 Å². The molecule has 3 rings (SSSR count). The van der Waals surface area contributed by atoms with Gasteiger partial charge in [0.25, 0.3) is 0 Å². The second kappa shape index (κ2) is 7.86. The number of likely N-dealkylation sites (N-methyl/N-ethyl adjacent to an activating group) is 1. The number of nitrogens with zero attached hydrogens (tertiary/aromatic N) is 5. The molecule has 2 atom stereocenters. The number of hydrogen-bond donors (Lipinski definition) is 1. The number of amides is 1. The van der Waals surface area contributed by atoms with E-state index < -0.39 is 0 Å². The molecular weight excluding hydrogens is 340 g/mol. The molecule has 0 aromatic carbocycles. The van der Waals surface area contributed by atoms with E-state index in [2.05, 4.69) is 48.5 Å². The number of likely N-dealkylation sites (tertiary alicyclic amines) is 1. The number of tetrazole rings is 1. The van der Waals surface area contributed by atoms with Gasteiger partial charge < -0.3 is 4.90 Å². The average Bonchev–Trinajstić information content (AvgIpc) is 3.04. The molecule has 1 unspecified atom stereocenters. The van der Waals surface area contributed by atoms with E-state index in [0.29, 0.717) is 0 Å². The summed E-state index contributed by atoms with van der Waals surface area (Å²) in [7, 11) is 1.92. The first-order chi connectivity index (χ1) is 12.7. The number of nitrogens with one attached hydrogen (secondary N) is 1. The minimum absolute atomic E-state index is 0.0209. The van der Waals surface area contributed by atoms with Crippen molar-refractivity contribution in [1.29, 1.82) is 0 Å². The van der Waals surface area contributed by atoms with Crippen LogP contribution in [0, 0.1) is 5.41 Å². The van der Waals surface area contributed by atoms with Gasteiger partial charge in [0.05, 0.1) is 17.6 Å². The minimum Gasteiger partial charge on any atom is -0.344 e. The van der Waals surface area contributed by atoms with E-state index in [0.717, 1.165) is 44.5 Å². The number of carbonyl (C=O) groups excluding carboxylic acids is 1. The highest BCUT2D eigenvalue weighted by Gasteiger charge is 2.43. The van der Waals surface area contributed by atoms with Crippen LogP contribution in [-0.2, 0) is 10.3 Å². The van der Waals surface area contributed by atoms with Crippen LogP contribution < -0.4 is 5.32 Å². The minimum atomic E-state index is -0.200. The maximum Gasteiger partial charge on any atom is 0.239 e. The molecule has 1 aromatic heterocycles. The first-order valence-electron chi connectivity index (χ1n) is 10.5. The maximum absolute atomic E-state index is 12.9. The van der Waals surface area contributed by atoms with Crippen molar-refractivity contribution in [2.45, 2.75) is 96.7 Å². The van der Waals surface area contributed by atoms with Crippen LogP contribution in [0.5, 0.6) is 0 Å². The summed E-state index contributed by atoms with van der Waals surface area (Å²) in [6, 6.07) is -0.182. The van der Waals surface area contributed by atoms with Crippen molar-refractivity contribution >= 4 is 5.91 Å². The standard InChI is InChI=1S/C20H36N6O/c1-19(2,3)26-17(22-23-24-26)16(20(4)12-8-6-9-13-20)21-15-11-7-10-14-25(5)18(15)27/h15-16,21H,6-14H2,1-5H3/t15-,16?/m0/s1. The summed E-state index contributed by atoms with van der Waals surface area (Å²) in [4.78, 5) is 14.8. The van der Waals surface area contributed by atoms with Gasteiger partial charge in [-0.2, -0.15) is 0 Å². The normalized spacial score (nSPS) is 25.3. The Morgan fingerprint density at radius 2 is 1.85 bits per heavy atom. The third-order valence-electron chi connectivity index (χ3n) is 6.36. The zero-order valence-electron chi connectivity index (χ0n) is 17.7. The number of carbonyl (C=O) groups is 1. The van der Waals surface area contributed by atoms with Gasteiger partial charge in [0.15, 0.2) is 5.82 Å². The first-order valence-corrected chi connectivity index (χ1v) is 10.5. The van der Waals surface area contributed by atoms with Crippen LogP contribution in [0.1, 0.15) is 90.9 Å². The van der Waals surface area contributed by atoms with Crippen molar-refractivity contribution in [2.75, 3.05) is 13.6 Å². The van der Waals surface area contributed by atoms with Gasteiger partial charge in [-0.15, -0.1) is 5.10 Å². The largest absolute Gasteiger partial charge is 0.344 e. The summed E-state index contributed by atoms with van der Waals surface area (Å²) >= 11 is 0. The van der Waals surface area contributed by atoms with E-state index in [-0.39, 0.29) is 28.9 Å². The van der Waals surface area contributed by atoms with E-state index in [1.165, 1.54) is 19.3 Å². The van der Waals surface area contributed by atoms with E-state index in [1.807, 2.05) is 16.6 Å². The van der Waals surface area contributed by atoms with Gasteiger partial charge in [-0.1, -0.05) is 26.2 Å². The quantitative estimate of drug-likeness (QED) is 0.874. The SMILES string of the molecule is CN1CCCC[C@H](NC(c2nnnn2C(C)(C)C)C2(C)CCCCC2)C1=O. The summed E-state index contributed by atoms with van der Waals surface area (Å²) in [5.41, 5.74) is -0.144. The van der Waals surface area contributed by atoms with Crippen molar-refractivity contribution in [3.63, 3.8) is 0 Å². The molecule has 1 saturated heterocycles. The predicted octanol–water partition coefficient (Wildman–Crippen LogP) is 3.04. The molecule has 1 amide bonds. The van der Waals surface area contributed by atoms with E-state index in [9.17, 15) is 4.79 Å². The Labute approximate surface area is 163 Å². The fourth-order valence-electron chi connectivity index (χ4n) is 4.64. The molecule has 1 N–H and O–H groups in total. The molecule has 0 radical (unpaired) electrons. The molecular formula is C20H36N6O. The lowest BCUT2D eigenvalue weighted by atomic mass is 9.70. The van der Waals surface area contributed by atoms with Crippen LogP contribution in [-0.4, -0.2) is 50.6 Å². The van der Waals surface area contributed by atoms with Gasteiger partial charge in [-0.25, -0.2) is 4.68 Å². The summed E-state index contributed by atoms with van der Waals surface area (Å²) in [5, 5.41) is 16.5. The number of rotatable bonds is 4. The smallest absolute Gasteiger partial charge is 0.239 e. The highest BCUT2D eigenvalue weighted by Crippen LogP contribution is 2.46. The second-order valence-corrected chi connectivity index (χ2v) is 9.74. The van der Waals surface area contributed by atoms with E-state index >= 15 is 0 Å². The molecule has 1 aromatic rings. The highest BCUT2D eigenvalue weighted by atomic mass is 16.2. The third kappa shape index (κ3) is 4.33. The van der Waals surface area contributed by atoms with Crippen LogP contribution in [0.4, 0.5) is 0 Å². The number of aromatic nitrogens is 4. The molecule has 1 aliphatic heterocycles. The van der Waals surface area contributed by atoms with Crippen molar-refractivity contribution in [3.05, 3.63) is 5.82 Å². The number of hydrogen-bond acceptors (Lipinski definition) is 5. The van der Waals surface area contributed by atoms with Crippen LogP contribution >= 0.6 is 0 Å². The predicted molar refractivity (Wildman–Crippen MR) is 105 cm³/mol. The van der Waals surface area contributed by atoms with Gasteiger partial charge in [-0.05, 0) is 68.7 Å². The molecule has 0 bridgehead atoms. The Balaban J connectivity index is 1.96. The molecule has 0 spiro atoms. The monoisotopic (exact) mass is 376 g/mol. The Morgan fingerprint density at radius 3 is 2.52 bits per heavy atom. The molecule has 2 heterocycles. The van der Waals surface area contributed by atoms with Crippen molar-refractivity contribution in [1.82, 2.24) is 30.4 Å². The molecule has 2 aliphatic rings. The third-order valence-corrected chi connectivity index (χ3v) is 6.36. The molecule has 7 heteroatoms. The molecule has 1 aliphatic carbocycles. The van der Waals surface area contributed by atoms with Gasteiger partial charge in [0, 0.05) is 13.6 Å². The van der Waals surface area contributed by atoms with Gasteiger partial charge in [0.1, 0.15) is 0 Å².